The van der Waals surface area contributed by atoms with Gasteiger partial charge in [-0.25, -0.2) is 4.67 Å². The number of aryl methyl sites for hydroxylation is 2. The van der Waals surface area contributed by atoms with Crippen LogP contribution < -0.4 is 0 Å². The molecular weight excluding hydrogens is 277 g/mol. The fourth-order valence-electron chi connectivity index (χ4n) is 2.50. The summed E-state index contributed by atoms with van der Waals surface area (Å²) in [5.74, 6) is 0.0657. The fraction of sp³-hybridized carbons (Fsp3) is 0.615. The standard InChI is InChI=1S/C13H22N3O3P/c1-11-4-5-12(2)16(11)10-13(17)14-6-8-15(9-7-14)20(3,18)19/h4-5H,6-10H2,1-3H3,(H,18,19). The molecule has 6 nitrogen and oxygen atoms in total. The lowest BCUT2D eigenvalue weighted by Gasteiger charge is -2.35. The highest BCUT2D eigenvalue weighted by Crippen LogP contribution is 2.40. The second-order valence-corrected chi connectivity index (χ2v) is 7.61. The van der Waals surface area contributed by atoms with E-state index < -0.39 is 7.52 Å². The van der Waals surface area contributed by atoms with Gasteiger partial charge in [-0.15, -0.1) is 0 Å². The molecule has 1 aliphatic rings. The van der Waals surface area contributed by atoms with E-state index >= 15 is 0 Å². The SMILES string of the molecule is Cc1ccc(C)n1CC(=O)N1CCN(P(C)(=O)O)CC1. The van der Waals surface area contributed by atoms with Gasteiger partial charge in [0.2, 0.25) is 5.91 Å². The van der Waals surface area contributed by atoms with E-state index in [1.807, 2.05) is 30.5 Å². The predicted molar refractivity (Wildman–Crippen MR) is 77.8 cm³/mol. The Hall–Kier alpha value is -1.10. The largest absolute Gasteiger partial charge is 0.340 e. The monoisotopic (exact) mass is 299 g/mol. The molecule has 0 bridgehead atoms. The first kappa shape index (κ1) is 15.3. The van der Waals surface area contributed by atoms with Gasteiger partial charge in [0.15, 0.2) is 0 Å². The molecule has 1 fully saturated rings. The zero-order chi connectivity index (χ0) is 14.9. The molecule has 2 heterocycles. The summed E-state index contributed by atoms with van der Waals surface area (Å²) in [7, 11) is -3.18. The third kappa shape index (κ3) is 3.32. The predicted octanol–water partition coefficient (Wildman–Crippen LogP) is 1.06. The normalized spacial score (nSPS) is 19.9. The third-order valence-electron chi connectivity index (χ3n) is 3.84. The summed E-state index contributed by atoms with van der Waals surface area (Å²) in [4.78, 5) is 23.6. The molecule has 0 aliphatic carbocycles. The zero-order valence-electron chi connectivity index (χ0n) is 12.2. The Balaban J connectivity index is 1.94. The van der Waals surface area contributed by atoms with Crippen molar-refractivity contribution in [2.45, 2.75) is 20.4 Å². The lowest BCUT2D eigenvalue weighted by Crippen LogP contribution is -2.48. The van der Waals surface area contributed by atoms with Crippen LogP contribution in [-0.4, -0.2) is 57.8 Å². The molecule has 1 aromatic heterocycles. The van der Waals surface area contributed by atoms with Crippen LogP contribution in [0.5, 0.6) is 0 Å². The summed E-state index contributed by atoms with van der Waals surface area (Å²) in [6.45, 7) is 7.59. The molecule has 0 aromatic carbocycles. The molecule has 0 radical (unpaired) electrons. The van der Waals surface area contributed by atoms with Gasteiger partial charge in [0, 0.05) is 44.2 Å². The van der Waals surface area contributed by atoms with Crippen molar-refractivity contribution in [3.63, 3.8) is 0 Å². The number of piperazine rings is 1. The Morgan fingerprint density at radius 2 is 1.70 bits per heavy atom. The van der Waals surface area contributed by atoms with E-state index in [9.17, 15) is 14.3 Å². The molecular formula is C13H22N3O3P. The number of amides is 1. The summed E-state index contributed by atoms with van der Waals surface area (Å²) in [5.41, 5.74) is 2.14. The van der Waals surface area contributed by atoms with Crippen LogP contribution in [0, 0.1) is 13.8 Å². The molecule has 0 saturated carbocycles. The van der Waals surface area contributed by atoms with Crippen LogP contribution in [0.4, 0.5) is 0 Å². The number of hydrogen-bond acceptors (Lipinski definition) is 2. The van der Waals surface area contributed by atoms with Crippen LogP contribution in [0.25, 0.3) is 0 Å². The molecule has 1 aromatic rings. The first-order chi connectivity index (χ1) is 9.29. The van der Waals surface area contributed by atoms with Crippen LogP contribution in [0.1, 0.15) is 11.4 Å². The van der Waals surface area contributed by atoms with Crippen molar-refractivity contribution in [3.8, 4) is 0 Å². The molecule has 2 rings (SSSR count). The molecule has 112 valence electrons. The molecule has 1 aliphatic heterocycles. The molecule has 1 amide bonds. The molecule has 0 spiro atoms. The number of carbonyl (C=O) groups excluding carboxylic acids is 1. The average Bonchev–Trinajstić information content (AvgIpc) is 2.69. The Labute approximate surface area is 119 Å². The third-order valence-corrected chi connectivity index (χ3v) is 5.29. The van der Waals surface area contributed by atoms with Gasteiger partial charge in [-0.05, 0) is 26.0 Å². The van der Waals surface area contributed by atoms with Gasteiger partial charge < -0.3 is 14.4 Å². The molecule has 7 heteroatoms. The van der Waals surface area contributed by atoms with Gasteiger partial charge in [0.25, 0.3) is 7.52 Å². The van der Waals surface area contributed by atoms with Crippen molar-refractivity contribution in [2.75, 3.05) is 32.8 Å². The van der Waals surface area contributed by atoms with E-state index in [1.54, 1.807) is 9.57 Å². The minimum Gasteiger partial charge on any atom is -0.340 e. The highest BCUT2D eigenvalue weighted by Gasteiger charge is 2.28. The minimum absolute atomic E-state index is 0.0657. The first-order valence-electron chi connectivity index (χ1n) is 6.75. The molecule has 20 heavy (non-hydrogen) atoms. The van der Waals surface area contributed by atoms with Gasteiger partial charge in [-0.3, -0.25) is 9.36 Å². The lowest BCUT2D eigenvalue weighted by molar-refractivity contribution is -0.133. The zero-order valence-corrected chi connectivity index (χ0v) is 13.1. The first-order valence-corrected chi connectivity index (χ1v) is 8.81. The summed E-state index contributed by atoms with van der Waals surface area (Å²) in [5, 5.41) is 0. The fourth-order valence-corrected chi connectivity index (χ4v) is 3.42. The second-order valence-electron chi connectivity index (χ2n) is 5.37. The van der Waals surface area contributed by atoms with Crippen LogP contribution in [0.15, 0.2) is 12.1 Å². The average molecular weight is 299 g/mol. The van der Waals surface area contributed by atoms with Crippen LogP contribution in [-0.2, 0) is 15.9 Å². The molecule has 1 unspecified atom stereocenters. The minimum atomic E-state index is -3.18. The Morgan fingerprint density at radius 1 is 1.20 bits per heavy atom. The van der Waals surface area contributed by atoms with E-state index in [0.717, 1.165) is 11.4 Å². The van der Waals surface area contributed by atoms with Crippen molar-refractivity contribution in [2.24, 2.45) is 0 Å². The van der Waals surface area contributed by atoms with E-state index in [2.05, 4.69) is 0 Å². The van der Waals surface area contributed by atoms with Gasteiger partial charge in [-0.1, -0.05) is 0 Å². The number of carbonyl (C=O) groups is 1. The maximum atomic E-state index is 12.3. The smallest absolute Gasteiger partial charge is 0.266 e. The van der Waals surface area contributed by atoms with Gasteiger partial charge in [0.05, 0.1) is 0 Å². The Morgan fingerprint density at radius 3 is 2.15 bits per heavy atom. The van der Waals surface area contributed by atoms with Crippen LogP contribution in [0.2, 0.25) is 0 Å². The molecule has 1 N–H and O–H groups in total. The number of nitrogens with zero attached hydrogens (tertiary/aromatic N) is 3. The highest BCUT2D eigenvalue weighted by molar-refractivity contribution is 7.54. The maximum Gasteiger partial charge on any atom is 0.266 e. The summed E-state index contributed by atoms with van der Waals surface area (Å²) < 4.78 is 15.1. The van der Waals surface area contributed by atoms with E-state index in [-0.39, 0.29) is 5.91 Å². The van der Waals surface area contributed by atoms with Crippen molar-refractivity contribution >= 4 is 13.4 Å². The number of rotatable bonds is 3. The van der Waals surface area contributed by atoms with Gasteiger partial charge in [-0.2, -0.15) is 0 Å². The van der Waals surface area contributed by atoms with Crippen molar-refractivity contribution in [3.05, 3.63) is 23.5 Å². The van der Waals surface area contributed by atoms with Crippen molar-refractivity contribution in [1.29, 1.82) is 0 Å². The topological polar surface area (TPSA) is 65.8 Å². The quantitative estimate of drug-likeness (QED) is 0.848. The molecule has 1 atom stereocenters. The van der Waals surface area contributed by atoms with Crippen LogP contribution in [0.3, 0.4) is 0 Å². The molecule has 1 saturated heterocycles. The van der Waals surface area contributed by atoms with Gasteiger partial charge >= 0.3 is 0 Å². The second kappa shape index (κ2) is 5.72. The van der Waals surface area contributed by atoms with E-state index in [0.29, 0.717) is 32.7 Å². The Kier molecular flexibility index (Phi) is 4.37. The van der Waals surface area contributed by atoms with E-state index in [1.165, 1.54) is 6.66 Å². The lowest BCUT2D eigenvalue weighted by atomic mass is 10.3. The summed E-state index contributed by atoms with van der Waals surface area (Å²) in [6, 6.07) is 4.00. The van der Waals surface area contributed by atoms with Crippen molar-refractivity contribution in [1.82, 2.24) is 14.1 Å². The number of aromatic nitrogens is 1. The summed E-state index contributed by atoms with van der Waals surface area (Å²) in [6.07, 6.45) is 0. The number of hydrogen-bond donors (Lipinski definition) is 1. The Bertz CT molecular complexity index is 522. The van der Waals surface area contributed by atoms with Crippen LogP contribution >= 0.6 is 7.52 Å². The van der Waals surface area contributed by atoms with Gasteiger partial charge in [0.1, 0.15) is 6.54 Å². The summed E-state index contributed by atoms with van der Waals surface area (Å²) >= 11 is 0. The maximum absolute atomic E-state index is 12.3. The van der Waals surface area contributed by atoms with E-state index in [4.69, 9.17) is 0 Å². The highest BCUT2D eigenvalue weighted by atomic mass is 31.2. The van der Waals surface area contributed by atoms with Crippen molar-refractivity contribution < 1.29 is 14.3 Å².